The van der Waals surface area contributed by atoms with Gasteiger partial charge in [-0.15, -0.1) is 0 Å². The van der Waals surface area contributed by atoms with Crippen molar-refractivity contribution in [3.63, 3.8) is 0 Å². The average Bonchev–Trinajstić information content (AvgIpc) is 2.48. The second-order valence-electron chi connectivity index (χ2n) is 2.19. The number of imidazole rings is 1. The van der Waals surface area contributed by atoms with Crippen LogP contribution in [0.15, 0.2) is 12.4 Å². The summed E-state index contributed by atoms with van der Waals surface area (Å²) in [5.41, 5.74) is 0.744. The van der Waals surface area contributed by atoms with Crippen LogP contribution in [0.5, 0.6) is 0 Å². The number of carbonyl (C=O) groups is 1. The Balaban J connectivity index is 2.58. The lowest BCUT2D eigenvalue weighted by atomic mass is 10.4. The molecular weight excluding hydrogens is 283 g/mol. The van der Waals surface area contributed by atoms with Gasteiger partial charge in [0.15, 0.2) is 0 Å². The molecule has 0 aliphatic heterocycles. The lowest BCUT2D eigenvalue weighted by Crippen LogP contribution is -1.98. The highest BCUT2D eigenvalue weighted by molar-refractivity contribution is 14.1. The van der Waals surface area contributed by atoms with Crippen LogP contribution < -0.4 is 0 Å². The van der Waals surface area contributed by atoms with Gasteiger partial charge in [0.1, 0.15) is 3.70 Å². The minimum atomic E-state index is -0.346. The highest BCUT2D eigenvalue weighted by atomic mass is 127. The molecule has 0 aliphatic rings. The van der Waals surface area contributed by atoms with Crippen LogP contribution >= 0.6 is 22.6 Å². The van der Waals surface area contributed by atoms with Crippen LogP contribution in [0.2, 0.25) is 0 Å². The maximum absolute atomic E-state index is 10.9. The van der Waals surface area contributed by atoms with E-state index in [1.54, 1.807) is 19.3 Å². The van der Waals surface area contributed by atoms with E-state index in [0.717, 1.165) is 9.39 Å². The minimum Gasteiger partial charge on any atom is -0.463 e. The molecule has 0 bridgehead atoms. The molecule has 0 fully saturated rings. The molecule has 1 heterocycles. The number of esters is 1. The smallest absolute Gasteiger partial charge is 0.330 e. The van der Waals surface area contributed by atoms with Crippen LogP contribution in [-0.2, 0) is 9.53 Å². The van der Waals surface area contributed by atoms with Gasteiger partial charge in [-0.1, -0.05) is 0 Å². The van der Waals surface area contributed by atoms with Crippen LogP contribution in [0, 0.1) is 3.70 Å². The summed E-state index contributed by atoms with van der Waals surface area (Å²) in [6.07, 6.45) is 4.56. The van der Waals surface area contributed by atoms with Crippen molar-refractivity contribution < 1.29 is 9.53 Å². The van der Waals surface area contributed by atoms with Gasteiger partial charge in [0.25, 0.3) is 0 Å². The molecule has 70 valence electrons. The van der Waals surface area contributed by atoms with E-state index in [-0.39, 0.29) is 5.97 Å². The molecule has 0 unspecified atom stereocenters. The number of halogens is 1. The second kappa shape index (κ2) is 5.00. The topological polar surface area (TPSA) is 55.0 Å². The highest BCUT2D eigenvalue weighted by Gasteiger charge is 1.98. The number of rotatable bonds is 3. The van der Waals surface area contributed by atoms with Crippen molar-refractivity contribution in [3.8, 4) is 0 Å². The molecule has 0 aromatic carbocycles. The lowest BCUT2D eigenvalue weighted by molar-refractivity contribution is -0.137. The summed E-state index contributed by atoms with van der Waals surface area (Å²) in [6, 6.07) is 0. The van der Waals surface area contributed by atoms with Gasteiger partial charge in [-0.05, 0) is 35.6 Å². The number of ether oxygens (including phenoxy) is 1. The van der Waals surface area contributed by atoms with E-state index in [9.17, 15) is 4.79 Å². The van der Waals surface area contributed by atoms with Gasteiger partial charge in [-0.25, -0.2) is 9.78 Å². The first kappa shape index (κ1) is 10.2. The summed E-state index contributed by atoms with van der Waals surface area (Å²) >= 11 is 2.10. The molecule has 4 nitrogen and oxygen atoms in total. The Hall–Kier alpha value is -0.850. The normalized spacial score (nSPS) is 10.6. The van der Waals surface area contributed by atoms with Crippen molar-refractivity contribution in [2.24, 2.45) is 0 Å². The number of carbonyl (C=O) groups excluding carboxylic acids is 1. The van der Waals surface area contributed by atoms with Crippen molar-refractivity contribution in [2.45, 2.75) is 6.92 Å². The maximum Gasteiger partial charge on any atom is 0.330 e. The first-order valence-electron chi connectivity index (χ1n) is 3.77. The maximum atomic E-state index is 10.9. The Morgan fingerprint density at radius 3 is 3.15 bits per heavy atom. The van der Waals surface area contributed by atoms with Gasteiger partial charge in [0.2, 0.25) is 0 Å². The predicted octanol–water partition coefficient (Wildman–Crippen LogP) is 1.59. The second-order valence-corrected chi connectivity index (χ2v) is 3.27. The Morgan fingerprint density at radius 2 is 2.62 bits per heavy atom. The largest absolute Gasteiger partial charge is 0.463 e. The summed E-state index contributed by atoms with van der Waals surface area (Å²) in [5, 5.41) is 0. The van der Waals surface area contributed by atoms with Crippen molar-refractivity contribution in [2.75, 3.05) is 6.61 Å². The molecule has 13 heavy (non-hydrogen) atoms. The molecule has 1 aromatic rings. The van der Waals surface area contributed by atoms with E-state index in [4.69, 9.17) is 4.74 Å². The summed E-state index contributed by atoms with van der Waals surface area (Å²) in [5.74, 6) is -0.346. The third-order valence-electron chi connectivity index (χ3n) is 1.28. The molecule has 0 radical (unpaired) electrons. The average molecular weight is 292 g/mol. The zero-order valence-electron chi connectivity index (χ0n) is 7.08. The zero-order chi connectivity index (χ0) is 9.68. The molecule has 0 saturated heterocycles. The monoisotopic (exact) mass is 292 g/mol. The van der Waals surface area contributed by atoms with Crippen molar-refractivity contribution in [1.29, 1.82) is 0 Å². The Bertz CT molecular complexity index is 320. The van der Waals surface area contributed by atoms with E-state index in [2.05, 4.69) is 32.6 Å². The van der Waals surface area contributed by atoms with Gasteiger partial charge >= 0.3 is 5.97 Å². The van der Waals surface area contributed by atoms with E-state index in [1.165, 1.54) is 6.08 Å². The third kappa shape index (κ3) is 3.17. The number of nitrogens with zero attached hydrogens (tertiary/aromatic N) is 1. The number of hydrogen-bond donors (Lipinski definition) is 1. The standard InChI is InChI=1S/C8H9IN2O2/c1-2-13-7(12)4-3-6-8(9)11-5-10-6/h3-5H,2H2,1H3,(H,10,11)/b4-3+. The molecule has 0 saturated carbocycles. The van der Waals surface area contributed by atoms with Gasteiger partial charge in [-0.2, -0.15) is 0 Å². The fourth-order valence-corrected chi connectivity index (χ4v) is 1.20. The van der Waals surface area contributed by atoms with Gasteiger partial charge in [-0.3, -0.25) is 0 Å². The third-order valence-corrected chi connectivity index (χ3v) is 2.15. The lowest BCUT2D eigenvalue weighted by Gasteiger charge is -1.93. The molecular formula is C8H9IN2O2. The summed E-state index contributed by atoms with van der Waals surface area (Å²) in [4.78, 5) is 17.8. The number of H-pyrrole nitrogens is 1. The van der Waals surface area contributed by atoms with E-state index < -0.39 is 0 Å². The zero-order valence-corrected chi connectivity index (χ0v) is 9.24. The molecule has 0 spiro atoms. The number of nitrogens with one attached hydrogen (secondary N) is 1. The van der Waals surface area contributed by atoms with Gasteiger partial charge < -0.3 is 9.72 Å². The summed E-state index contributed by atoms with van der Waals surface area (Å²) in [6.45, 7) is 2.16. The fraction of sp³-hybridized carbons (Fsp3) is 0.250. The van der Waals surface area contributed by atoms with Crippen LogP contribution in [0.3, 0.4) is 0 Å². The van der Waals surface area contributed by atoms with E-state index in [0.29, 0.717) is 6.61 Å². The van der Waals surface area contributed by atoms with Gasteiger partial charge in [0, 0.05) is 6.08 Å². The first-order chi connectivity index (χ1) is 6.24. The predicted molar refractivity (Wildman–Crippen MR) is 57.0 cm³/mol. The van der Waals surface area contributed by atoms with Crippen LogP contribution in [0.25, 0.3) is 6.08 Å². The quantitative estimate of drug-likeness (QED) is 0.523. The minimum absolute atomic E-state index is 0.346. The van der Waals surface area contributed by atoms with E-state index >= 15 is 0 Å². The summed E-state index contributed by atoms with van der Waals surface area (Å²) < 4.78 is 5.61. The first-order valence-corrected chi connectivity index (χ1v) is 4.85. The Morgan fingerprint density at radius 1 is 1.85 bits per heavy atom. The number of aromatic amines is 1. The SMILES string of the molecule is CCOC(=O)/C=C/c1nc[nH]c1I. The van der Waals surface area contributed by atoms with Crippen molar-refractivity contribution in [3.05, 3.63) is 21.8 Å². The van der Waals surface area contributed by atoms with E-state index in [1.807, 2.05) is 0 Å². The molecule has 5 heteroatoms. The van der Waals surface area contributed by atoms with Crippen LogP contribution in [0.1, 0.15) is 12.6 Å². The Labute approximate surface area is 89.5 Å². The van der Waals surface area contributed by atoms with Crippen LogP contribution in [0.4, 0.5) is 0 Å². The van der Waals surface area contributed by atoms with Gasteiger partial charge in [0.05, 0.1) is 18.6 Å². The van der Waals surface area contributed by atoms with Crippen molar-refractivity contribution in [1.82, 2.24) is 9.97 Å². The number of aromatic nitrogens is 2. The molecule has 1 N–H and O–H groups in total. The fourth-order valence-electron chi connectivity index (χ4n) is 0.743. The Kier molecular flexibility index (Phi) is 3.94. The van der Waals surface area contributed by atoms with Crippen LogP contribution in [-0.4, -0.2) is 22.5 Å². The molecule has 1 aromatic heterocycles. The number of hydrogen-bond acceptors (Lipinski definition) is 3. The summed E-state index contributed by atoms with van der Waals surface area (Å²) in [7, 11) is 0. The molecule has 1 rings (SSSR count). The molecule has 0 atom stereocenters. The molecule has 0 aliphatic carbocycles. The highest BCUT2D eigenvalue weighted by Crippen LogP contribution is 2.07. The van der Waals surface area contributed by atoms with Crippen molar-refractivity contribution >= 4 is 34.6 Å². The molecule has 0 amide bonds.